The number of nitrogens with two attached hydrogens (primary N) is 4. The molecule has 15 nitrogen and oxygen atoms in total. The average molecular weight is 485 g/mol. The second-order valence-electron chi connectivity index (χ2n) is 7.94. The number of hydrogen-bond donors (Lipinski definition) is 7. The molecular weight excluding hydrogens is 454 g/mol. The molecule has 6 amide bonds. The SMILES string of the molecule is NC(=O)CCC(NC(=O)C1CCCN1C(=O)C(CCC(N)=O)NC(=O)C(N)CC(N)=O)C(=O)O. The van der Waals surface area contributed by atoms with Crippen LogP contribution in [0.15, 0.2) is 0 Å². The molecule has 0 saturated carbocycles. The van der Waals surface area contributed by atoms with Gasteiger partial charge in [-0.3, -0.25) is 28.8 Å². The van der Waals surface area contributed by atoms with Crippen LogP contribution in [0, 0.1) is 0 Å². The molecule has 0 aromatic heterocycles. The van der Waals surface area contributed by atoms with Gasteiger partial charge in [0.2, 0.25) is 35.4 Å². The summed E-state index contributed by atoms with van der Waals surface area (Å²) >= 11 is 0. The second-order valence-corrected chi connectivity index (χ2v) is 7.94. The Morgan fingerprint density at radius 1 is 0.882 bits per heavy atom. The monoisotopic (exact) mass is 485 g/mol. The Morgan fingerprint density at radius 3 is 1.94 bits per heavy atom. The molecule has 1 fully saturated rings. The number of hydrogen-bond acceptors (Lipinski definition) is 8. The zero-order chi connectivity index (χ0) is 26.0. The van der Waals surface area contributed by atoms with E-state index in [2.05, 4.69) is 10.6 Å². The lowest BCUT2D eigenvalue weighted by atomic mass is 10.1. The molecule has 1 rings (SSSR count). The van der Waals surface area contributed by atoms with Gasteiger partial charge in [-0.1, -0.05) is 0 Å². The molecule has 0 spiro atoms. The third-order valence-electron chi connectivity index (χ3n) is 5.18. The van der Waals surface area contributed by atoms with Crippen molar-refractivity contribution in [3.05, 3.63) is 0 Å². The standard InChI is InChI=1S/C19H31N7O8/c20-9(8-15(23)29)16(30)24-10(3-5-13(21)27)18(32)26-7-1-2-12(26)17(31)25-11(19(33)34)4-6-14(22)28/h9-12H,1-8,20H2,(H2,21,27)(H2,22,28)(H2,23,29)(H,24,30)(H,25,31)(H,33,34). The fourth-order valence-corrected chi connectivity index (χ4v) is 3.45. The zero-order valence-corrected chi connectivity index (χ0v) is 18.5. The molecule has 1 saturated heterocycles. The van der Waals surface area contributed by atoms with Gasteiger partial charge in [-0.25, -0.2) is 4.79 Å². The lowest BCUT2D eigenvalue weighted by Crippen LogP contribution is -2.57. The minimum absolute atomic E-state index is 0.131. The first kappa shape index (κ1) is 28.3. The van der Waals surface area contributed by atoms with E-state index in [9.17, 15) is 38.7 Å². The van der Waals surface area contributed by atoms with E-state index >= 15 is 0 Å². The third-order valence-corrected chi connectivity index (χ3v) is 5.18. The molecule has 15 heteroatoms. The third kappa shape index (κ3) is 9.01. The van der Waals surface area contributed by atoms with E-state index < -0.39 is 72.0 Å². The number of rotatable bonds is 14. The summed E-state index contributed by atoms with van der Waals surface area (Å²) in [5.41, 5.74) is 20.8. The Bertz CT molecular complexity index is 833. The minimum Gasteiger partial charge on any atom is -0.480 e. The van der Waals surface area contributed by atoms with E-state index in [1.54, 1.807) is 0 Å². The van der Waals surface area contributed by atoms with Gasteiger partial charge in [-0.2, -0.15) is 0 Å². The Kier molecular flexibility index (Phi) is 10.9. The lowest BCUT2D eigenvalue weighted by molar-refractivity contribution is -0.145. The number of nitrogens with zero attached hydrogens (tertiary/aromatic N) is 1. The van der Waals surface area contributed by atoms with Gasteiger partial charge in [0, 0.05) is 19.4 Å². The predicted molar refractivity (Wildman–Crippen MR) is 115 cm³/mol. The molecule has 0 aromatic carbocycles. The molecule has 1 aliphatic heterocycles. The second kappa shape index (κ2) is 13.1. The summed E-state index contributed by atoms with van der Waals surface area (Å²) in [7, 11) is 0. The topological polar surface area (TPSA) is 271 Å². The van der Waals surface area contributed by atoms with Crippen LogP contribution >= 0.6 is 0 Å². The molecule has 0 bridgehead atoms. The largest absolute Gasteiger partial charge is 0.480 e. The molecule has 4 atom stereocenters. The molecule has 190 valence electrons. The van der Waals surface area contributed by atoms with Crippen molar-refractivity contribution in [3.63, 3.8) is 0 Å². The van der Waals surface area contributed by atoms with Gasteiger partial charge in [0.15, 0.2) is 0 Å². The maximum atomic E-state index is 13.2. The number of amides is 6. The summed E-state index contributed by atoms with van der Waals surface area (Å²) in [6, 6.07) is -5.05. The molecule has 11 N–H and O–H groups in total. The molecule has 4 unspecified atom stereocenters. The van der Waals surface area contributed by atoms with E-state index in [-0.39, 0.29) is 38.6 Å². The quantitative estimate of drug-likeness (QED) is 0.125. The lowest BCUT2D eigenvalue weighted by Gasteiger charge is -2.29. The van der Waals surface area contributed by atoms with Crippen molar-refractivity contribution < 1.29 is 38.7 Å². The van der Waals surface area contributed by atoms with Crippen LogP contribution in [0.3, 0.4) is 0 Å². The maximum absolute atomic E-state index is 13.2. The number of carbonyl (C=O) groups is 7. The summed E-state index contributed by atoms with van der Waals surface area (Å²) in [6.45, 7) is 0.131. The van der Waals surface area contributed by atoms with Crippen molar-refractivity contribution in [2.75, 3.05) is 6.54 Å². The van der Waals surface area contributed by atoms with E-state index in [1.807, 2.05) is 0 Å². The summed E-state index contributed by atoms with van der Waals surface area (Å²) in [5.74, 6) is -6.00. The first-order valence-electron chi connectivity index (χ1n) is 10.6. The molecule has 0 aliphatic carbocycles. The summed E-state index contributed by atoms with van der Waals surface area (Å²) in [6.07, 6.45) is -0.786. The van der Waals surface area contributed by atoms with Gasteiger partial charge < -0.3 is 43.6 Å². The number of carboxylic acid groups (broad SMARTS) is 1. The Balaban J connectivity index is 2.97. The van der Waals surface area contributed by atoms with Crippen LogP contribution in [0.1, 0.15) is 44.9 Å². The van der Waals surface area contributed by atoms with Crippen molar-refractivity contribution in [2.24, 2.45) is 22.9 Å². The molecule has 34 heavy (non-hydrogen) atoms. The number of carbonyl (C=O) groups excluding carboxylic acids is 6. The van der Waals surface area contributed by atoms with E-state index in [0.29, 0.717) is 6.42 Å². The number of aliphatic carboxylic acids is 1. The van der Waals surface area contributed by atoms with Crippen LogP contribution < -0.4 is 33.6 Å². The molecule has 0 aromatic rings. The van der Waals surface area contributed by atoms with Crippen LogP contribution in [-0.4, -0.2) is 82.1 Å². The fraction of sp³-hybridized carbons (Fsp3) is 0.632. The minimum atomic E-state index is -1.39. The number of primary amides is 3. The van der Waals surface area contributed by atoms with Gasteiger partial charge in [0.05, 0.1) is 12.5 Å². The number of nitrogens with one attached hydrogen (secondary N) is 2. The Labute approximate surface area is 194 Å². The smallest absolute Gasteiger partial charge is 0.326 e. The van der Waals surface area contributed by atoms with Gasteiger partial charge >= 0.3 is 5.97 Å². The van der Waals surface area contributed by atoms with Crippen LogP contribution in [0.2, 0.25) is 0 Å². The molecule has 0 radical (unpaired) electrons. The van der Waals surface area contributed by atoms with E-state index in [0.717, 1.165) is 4.90 Å². The number of carboxylic acids is 1. The highest BCUT2D eigenvalue weighted by Gasteiger charge is 2.39. The molecule has 1 heterocycles. The molecule has 1 aliphatic rings. The van der Waals surface area contributed by atoms with Crippen LogP contribution in [0.25, 0.3) is 0 Å². The van der Waals surface area contributed by atoms with E-state index in [1.165, 1.54) is 0 Å². The highest BCUT2D eigenvalue weighted by Crippen LogP contribution is 2.20. The Hall–Kier alpha value is -3.75. The zero-order valence-electron chi connectivity index (χ0n) is 18.5. The summed E-state index contributed by atoms with van der Waals surface area (Å²) < 4.78 is 0. The highest BCUT2D eigenvalue weighted by atomic mass is 16.4. The summed E-state index contributed by atoms with van der Waals surface area (Å²) in [5, 5.41) is 13.9. The molecular formula is C19H31N7O8. The maximum Gasteiger partial charge on any atom is 0.326 e. The van der Waals surface area contributed by atoms with Crippen LogP contribution in [0.4, 0.5) is 0 Å². The normalized spacial score (nSPS) is 17.8. The van der Waals surface area contributed by atoms with Crippen LogP contribution in [0.5, 0.6) is 0 Å². The highest BCUT2D eigenvalue weighted by molar-refractivity contribution is 5.95. The van der Waals surface area contributed by atoms with Crippen molar-refractivity contribution >= 4 is 41.4 Å². The van der Waals surface area contributed by atoms with Crippen LogP contribution in [-0.2, 0) is 33.6 Å². The Morgan fingerprint density at radius 2 is 1.44 bits per heavy atom. The van der Waals surface area contributed by atoms with Crippen molar-refractivity contribution in [3.8, 4) is 0 Å². The van der Waals surface area contributed by atoms with Gasteiger partial charge in [-0.15, -0.1) is 0 Å². The van der Waals surface area contributed by atoms with Crippen molar-refractivity contribution in [1.82, 2.24) is 15.5 Å². The van der Waals surface area contributed by atoms with Gasteiger partial charge in [0.25, 0.3) is 0 Å². The summed E-state index contributed by atoms with van der Waals surface area (Å²) in [4.78, 5) is 84.0. The first-order chi connectivity index (χ1) is 15.8. The first-order valence-corrected chi connectivity index (χ1v) is 10.6. The predicted octanol–water partition coefficient (Wildman–Crippen LogP) is -4.23. The average Bonchev–Trinajstić information content (AvgIpc) is 3.22. The van der Waals surface area contributed by atoms with Gasteiger partial charge in [-0.05, 0) is 25.7 Å². The fourth-order valence-electron chi connectivity index (χ4n) is 3.45. The van der Waals surface area contributed by atoms with Crippen molar-refractivity contribution in [1.29, 1.82) is 0 Å². The van der Waals surface area contributed by atoms with Crippen molar-refractivity contribution in [2.45, 2.75) is 69.1 Å². The van der Waals surface area contributed by atoms with E-state index in [4.69, 9.17) is 22.9 Å². The van der Waals surface area contributed by atoms with Gasteiger partial charge in [0.1, 0.15) is 18.1 Å². The number of likely N-dealkylation sites (tertiary alicyclic amines) is 1.